The van der Waals surface area contributed by atoms with Gasteiger partial charge in [-0.15, -0.1) is 4.47 Å². The van der Waals surface area contributed by atoms with Crippen LogP contribution in [0.5, 0.6) is 0 Å². The summed E-state index contributed by atoms with van der Waals surface area (Å²) >= 11 is 4.19. The highest BCUT2D eigenvalue weighted by Crippen LogP contribution is 1.87. The number of hydrogen-bond donors (Lipinski definition) is 2. The van der Waals surface area contributed by atoms with Gasteiger partial charge >= 0.3 is 5.97 Å². The van der Waals surface area contributed by atoms with Crippen molar-refractivity contribution in [1.82, 2.24) is 10.7 Å². The van der Waals surface area contributed by atoms with Crippen molar-refractivity contribution in [2.75, 3.05) is 14.2 Å². The van der Waals surface area contributed by atoms with Crippen LogP contribution in [0.2, 0.25) is 0 Å². The van der Waals surface area contributed by atoms with Crippen LogP contribution in [-0.4, -0.2) is 32.1 Å². The summed E-state index contributed by atoms with van der Waals surface area (Å²) in [5, 5.41) is 2.26. The van der Waals surface area contributed by atoms with Crippen LogP contribution in [0.15, 0.2) is 4.47 Å². The number of carbonyl (C=O) groups excluding carboxylic acids is 2. The van der Waals surface area contributed by atoms with Gasteiger partial charge in [-0.2, -0.15) is 0 Å². The van der Waals surface area contributed by atoms with Gasteiger partial charge in [-0.05, 0) is 0 Å². The predicted molar refractivity (Wildman–Crippen MR) is 42.8 cm³/mol. The lowest BCUT2D eigenvalue weighted by Crippen LogP contribution is -2.46. The fourth-order valence-corrected chi connectivity index (χ4v) is 0.639. The number of hydrogen-bond acceptors (Lipinski definition) is 5. The molecule has 0 bridgehead atoms. The van der Waals surface area contributed by atoms with Crippen LogP contribution < -0.4 is 10.7 Å². The summed E-state index contributed by atoms with van der Waals surface area (Å²) in [7, 11) is 2.56. The van der Waals surface area contributed by atoms with Crippen molar-refractivity contribution in [3.8, 4) is 0 Å². The quantitative estimate of drug-likeness (QED) is 0.321. The topological polar surface area (TPSA) is 79.8 Å². The molecule has 1 unspecified atom stereocenters. The fourth-order valence-electron chi connectivity index (χ4n) is 0.533. The van der Waals surface area contributed by atoms with E-state index in [0.717, 1.165) is 0 Å². The first kappa shape index (κ1) is 10.8. The lowest BCUT2D eigenvalue weighted by molar-refractivity contribution is -0.146. The number of methoxy groups -OCH3 is 1. The Kier molecular flexibility index (Phi) is 4.86. The van der Waals surface area contributed by atoms with E-state index in [1.165, 1.54) is 14.2 Å². The van der Waals surface area contributed by atoms with E-state index in [1.54, 1.807) is 0 Å². The predicted octanol–water partition coefficient (Wildman–Crippen LogP) is -1.49. The maximum atomic E-state index is 10.9. The first-order chi connectivity index (χ1) is 5.67. The van der Waals surface area contributed by atoms with Gasteiger partial charge in [0, 0.05) is 7.05 Å². The highest BCUT2D eigenvalue weighted by atomic mass is 32.1. The third kappa shape index (κ3) is 2.79. The van der Waals surface area contributed by atoms with Crippen LogP contribution in [0, 0.1) is 0 Å². The third-order valence-electron chi connectivity index (χ3n) is 1.13. The molecule has 0 aliphatic carbocycles. The molecule has 0 saturated heterocycles. The molecule has 7 heteroatoms. The molecule has 0 saturated carbocycles. The van der Waals surface area contributed by atoms with Gasteiger partial charge in [0.05, 0.1) is 19.5 Å². The lowest BCUT2D eigenvalue weighted by Gasteiger charge is -2.10. The van der Waals surface area contributed by atoms with Gasteiger partial charge in [0.15, 0.2) is 0 Å². The molecule has 0 aromatic heterocycles. The first-order valence-electron chi connectivity index (χ1n) is 3.04. The van der Waals surface area contributed by atoms with Gasteiger partial charge in [0.1, 0.15) is 0 Å². The molecule has 6 nitrogen and oxygen atoms in total. The second-order valence-corrected chi connectivity index (χ2v) is 1.97. The minimum atomic E-state index is -1.17. The monoisotopic (exact) mass is 191 g/mol. The van der Waals surface area contributed by atoms with Gasteiger partial charge in [0.2, 0.25) is 6.04 Å². The zero-order valence-corrected chi connectivity index (χ0v) is 7.47. The van der Waals surface area contributed by atoms with E-state index in [0.29, 0.717) is 0 Å². The molecule has 0 spiro atoms. The third-order valence-corrected chi connectivity index (χ3v) is 1.23. The van der Waals surface area contributed by atoms with Crippen LogP contribution in [0.25, 0.3) is 0 Å². The van der Waals surface area contributed by atoms with Crippen molar-refractivity contribution in [3.63, 3.8) is 0 Å². The van der Waals surface area contributed by atoms with E-state index in [-0.39, 0.29) is 0 Å². The fraction of sp³-hybridized carbons (Fsp3) is 0.600. The van der Waals surface area contributed by atoms with E-state index < -0.39 is 17.9 Å². The van der Waals surface area contributed by atoms with Crippen molar-refractivity contribution in [2.24, 2.45) is 4.47 Å². The average Bonchev–Trinajstić information content (AvgIpc) is 2.11. The molecule has 2 N–H and O–H groups in total. The minimum Gasteiger partial charge on any atom is -0.467 e. The Morgan fingerprint density at radius 1 is 1.58 bits per heavy atom. The molecular formula is C5H9N3O3S. The lowest BCUT2D eigenvalue weighted by atomic mass is 10.3. The van der Waals surface area contributed by atoms with Crippen molar-refractivity contribution in [1.29, 1.82) is 0 Å². The number of ether oxygens (including phenoxy) is 1. The maximum Gasteiger partial charge on any atom is 0.339 e. The van der Waals surface area contributed by atoms with Gasteiger partial charge in [-0.1, -0.05) is 0 Å². The van der Waals surface area contributed by atoms with Crippen molar-refractivity contribution in [2.45, 2.75) is 6.04 Å². The normalized spacial score (nSPS) is 11.2. The molecule has 0 aliphatic rings. The van der Waals surface area contributed by atoms with Gasteiger partial charge in [-0.25, -0.2) is 4.79 Å². The first-order valence-corrected chi connectivity index (χ1v) is 3.41. The summed E-state index contributed by atoms with van der Waals surface area (Å²) in [6.07, 6.45) is 0. The second kappa shape index (κ2) is 5.42. The Hall–Kier alpha value is -1.24. The van der Waals surface area contributed by atoms with E-state index >= 15 is 0 Å². The SMILES string of the molecule is CNC(=O)C(NN=S)C(=O)OC. The van der Waals surface area contributed by atoms with Gasteiger partial charge in [0.25, 0.3) is 5.91 Å². The number of carbonyl (C=O) groups is 2. The number of nitrogens with one attached hydrogen (secondary N) is 2. The largest absolute Gasteiger partial charge is 0.467 e. The van der Waals surface area contributed by atoms with Crippen LogP contribution in [0.3, 0.4) is 0 Å². The Labute approximate surface area is 74.8 Å². The van der Waals surface area contributed by atoms with Crippen LogP contribution in [0.4, 0.5) is 0 Å². The zero-order chi connectivity index (χ0) is 9.56. The Bertz CT molecular complexity index is 180. The molecular weight excluding hydrogens is 182 g/mol. The molecule has 0 heterocycles. The number of amides is 1. The zero-order valence-electron chi connectivity index (χ0n) is 6.66. The average molecular weight is 191 g/mol. The van der Waals surface area contributed by atoms with E-state index in [9.17, 15) is 9.59 Å². The Morgan fingerprint density at radius 3 is 2.50 bits per heavy atom. The van der Waals surface area contributed by atoms with Gasteiger partial charge in [-0.3, -0.25) is 10.2 Å². The van der Waals surface area contributed by atoms with Crippen LogP contribution in [0.1, 0.15) is 0 Å². The summed E-state index contributed by atoms with van der Waals surface area (Å²) in [6.45, 7) is 0. The van der Waals surface area contributed by atoms with Crippen molar-refractivity contribution < 1.29 is 14.3 Å². The smallest absolute Gasteiger partial charge is 0.339 e. The molecule has 1 amide bonds. The van der Waals surface area contributed by atoms with Crippen LogP contribution in [-0.2, 0) is 26.8 Å². The molecule has 0 fully saturated rings. The summed E-state index contributed by atoms with van der Waals surface area (Å²) in [4.78, 5) is 21.8. The standard InChI is InChI=1S/C5H9N3O3S/c1-6-4(9)3(7-8-12)5(10)11-2/h3H,1-2H3,(H,6,9)(H,7,12). The molecule has 0 aliphatic heterocycles. The van der Waals surface area contributed by atoms with E-state index in [1.807, 2.05) is 0 Å². The highest BCUT2D eigenvalue weighted by molar-refractivity contribution is 7.47. The Morgan fingerprint density at radius 2 is 2.17 bits per heavy atom. The van der Waals surface area contributed by atoms with E-state index in [4.69, 9.17) is 0 Å². The number of rotatable bonds is 4. The Balaban J connectivity index is 4.31. The van der Waals surface area contributed by atoms with Crippen molar-refractivity contribution >= 4 is 24.3 Å². The summed E-state index contributed by atoms with van der Waals surface area (Å²) in [5.41, 5.74) is 2.14. The molecule has 0 aromatic carbocycles. The number of nitrogens with zero attached hydrogens (tertiary/aromatic N) is 1. The van der Waals surface area contributed by atoms with Gasteiger partial charge < -0.3 is 10.1 Å². The molecule has 0 radical (unpaired) electrons. The molecule has 1 atom stereocenters. The molecule has 12 heavy (non-hydrogen) atoms. The van der Waals surface area contributed by atoms with Crippen molar-refractivity contribution in [3.05, 3.63) is 0 Å². The number of esters is 1. The molecule has 0 aromatic rings. The van der Waals surface area contributed by atoms with E-state index in [2.05, 4.69) is 32.4 Å². The minimum absolute atomic E-state index is 0.546. The highest BCUT2D eigenvalue weighted by Gasteiger charge is 2.25. The van der Waals surface area contributed by atoms with Crippen LogP contribution >= 0.6 is 0 Å². The number of likely N-dealkylation sites (N-methyl/N-ethyl adjacent to an activating group) is 1. The summed E-state index contributed by atoms with van der Waals surface area (Å²) < 4.78 is 7.37. The molecule has 68 valence electrons. The maximum absolute atomic E-state index is 10.9. The summed E-state index contributed by atoms with van der Waals surface area (Å²) in [6, 6.07) is -1.17. The second-order valence-electron chi connectivity index (χ2n) is 1.79. The summed E-state index contributed by atoms with van der Waals surface area (Å²) in [5.74, 6) is -1.28. The molecule has 0 rings (SSSR count).